The van der Waals surface area contributed by atoms with Crippen molar-refractivity contribution in [2.45, 2.75) is 38.5 Å². The van der Waals surface area contributed by atoms with Gasteiger partial charge in [0.05, 0.1) is 18.1 Å². The summed E-state index contributed by atoms with van der Waals surface area (Å²) in [6.45, 7) is 0. The summed E-state index contributed by atoms with van der Waals surface area (Å²) in [5.74, 6) is 1.59. The number of hydrogen-bond donors (Lipinski definition) is 0. The molecule has 1 aromatic carbocycles. The average Bonchev–Trinajstić information content (AvgIpc) is 3.33. The van der Waals surface area contributed by atoms with E-state index in [-0.39, 0.29) is 17.1 Å². The predicted octanol–water partition coefficient (Wildman–Crippen LogP) is 4.76. The first kappa shape index (κ1) is 16.8. The van der Waals surface area contributed by atoms with E-state index in [4.69, 9.17) is 0 Å². The Bertz CT molecular complexity index is 836. The first-order valence-electron chi connectivity index (χ1n) is 10.2. The first-order chi connectivity index (χ1) is 13.1. The molecule has 0 aromatic heterocycles. The molecule has 3 nitrogen and oxygen atoms in total. The predicted molar refractivity (Wildman–Crippen MR) is 102 cm³/mol. The zero-order valence-corrected chi connectivity index (χ0v) is 15.5. The van der Waals surface area contributed by atoms with Gasteiger partial charge in [-0.05, 0) is 61.8 Å². The Kier molecular flexibility index (Phi) is 3.60. The number of carbonyl (C=O) groups excluding carboxylic acids is 1. The van der Waals surface area contributed by atoms with E-state index in [0.29, 0.717) is 17.8 Å². The molecule has 0 heterocycles. The van der Waals surface area contributed by atoms with E-state index in [2.05, 4.69) is 12.1 Å². The van der Waals surface area contributed by atoms with Crippen LogP contribution in [-0.2, 0) is 4.79 Å². The van der Waals surface area contributed by atoms with Gasteiger partial charge in [-0.1, -0.05) is 42.5 Å². The molecule has 0 spiro atoms. The summed E-state index contributed by atoms with van der Waals surface area (Å²) in [6.07, 6.45) is 10.7. The van der Waals surface area contributed by atoms with E-state index in [1.54, 1.807) is 0 Å². The molecule has 0 N–H and O–H groups in total. The SMILES string of the molecule is N#CC1(C#N)[C@H](/C=C/c2ccccc2)[C@H]1C(=O)C12CC3CC(CC(C3)C1)C2. The Hall–Kier alpha value is -2.39. The van der Waals surface area contributed by atoms with Crippen molar-refractivity contribution in [1.29, 1.82) is 10.5 Å². The minimum atomic E-state index is -1.16. The number of benzene rings is 1. The van der Waals surface area contributed by atoms with E-state index >= 15 is 0 Å². The maximum Gasteiger partial charge on any atom is 0.161 e. The van der Waals surface area contributed by atoms with Gasteiger partial charge in [-0.25, -0.2) is 0 Å². The third-order valence-electron chi connectivity index (χ3n) is 7.78. The Morgan fingerprint density at radius 2 is 1.52 bits per heavy atom. The third-order valence-corrected chi connectivity index (χ3v) is 7.78. The molecule has 6 rings (SSSR count). The van der Waals surface area contributed by atoms with Crippen molar-refractivity contribution >= 4 is 11.9 Å². The quantitative estimate of drug-likeness (QED) is 0.781. The van der Waals surface area contributed by atoms with Gasteiger partial charge in [0.15, 0.2) is 5.41 Å². The molecule has 0 unspecified atom stereocenters. The van der Waals surface area contributed by atoms with Gasteiger partial charge in [0, 0.05) is 11.3 Å². The van der Waals surface area contributed by atoms with Gasteiger partial charge >= 0.3 is 0 Å². The van der Waals surface area contributed by atoms with Crippen LogP contribution in [0.2, 0.25) is 0 Å². The third kappa shape index (κ3) is 2.41. The van der Waals surface area contributed by atoms with Crippen molar-refractivity contribution in [3.8, 4) is 12.1 Å². The van der Waals surface area contributed by atoms with Crippen LogP contribution in [0.5, 0.6) is 0 Å². The van der Waals surface area contributed by atoms with E-state index in [0.717, 1.165) is 24.8 Å². The normalized spacial score (nSPS) is 40.4. The standard InChI is InChI=1S/C24H24N2O/c25-14-24(15-26)20(7-6-16-4-2-1-3-5-16)21(24)22(27)23-11-17-8-18(12-23)10-19(9-17)13-23/h1-7,17-21H,8-13H2/b7-6+/t17?,18?,19?,20-,21+,23?/m1/s1. The van der Waals surface area contributed by atoms with Gasteiger partial charge < -0.3 is 0 Å². The molecule has 5 aliphatic rings. The average molecular weight is 356 g/mol. The second kappa shape index (κ2) is 5.80. The summed E-state index contributed by atoms with van der Waals surface area (Å²) < 4.78 is 0. The molecule has 2 atom stereocenters. The summed E-state index contributed by atoms with van der Waals surface area (Å²) in [5, 5.41) is 19.5. The molecule has 3 heteroatoms. The first-order valence-corrected chi connectivity index (χ1v) is 10.2. The second-order valence-electron chi connectivity index (χ2n) is 9.43. The lowest BCUT2D eigenvalue weighted by Gasteiger charge is -2.56. The Balaban J connectivity index is 1.43. The number of hydrogen-bond acceptors (Lipinski definition) is 3. The summed E-state index contributed by atoms with van der Waals surface area (Å²) >= 11 is 0. The van der Waals surface area contributed by atoms with Gasteiger partial charge in [0.1, 0.15) is 5.78 Å². The minimum Gasteiger partial charge on any atom is -0.299 e. The van der Waals surface area contributed by atoms with Crippen LogP contribution < -0.4 is 0 Å². The van der Waals surface area contributed by atoms with Crippen molar-refractivity contribution in [1.82, 2.24) is 0 Å². The number of Topliss-reactive ketones (excluding diaryl/α,β-unsaturated/α-hetero) is 1. The van der Waals surface area contributed by atoms with Crippen molar-refractivity contribution in [2.24, 2.45) is 40.4 Å². The van der Waals surface area contributed by atoms with Gasteiger partial charge in [-0.15, -0.1) is 0 Å². The van der Waals surface area contributed by atoms with Gasteiger partial charge in [0.25, 0.3) is 0 Å². The highest BCUT2D eigenvalue weighted by Gasteiger charge is 2.72. The molecule has 5 fully saturated rings. The molecule has 0 saturated heterocycles. The largest absolute Gasteiger partial charge is 0.299 e. The lowest BCUT2D eigenvalue weighted by atomic mass is 9.48. The summed E-state index contributed by atoms with van der Waals surface area (Å²) in [4.78, 5) is 13.7. The topological polar surface area (TPSA) is 64.7 Å². The van der Waals surface area contributed by atoms with E-state index in [1.807, 2.05) is 42.5 Å². The van der Waals surface area contributed by atoms with Crippen molar-refractivity contribution in [3.05, 3.63) is 42.0 Å². The summed E-state index contributed by atoms with van der Waals surface area (Å²) in [6, 6.07) is 14.3. The molecular formula is C24H24N2O. The van der Waals surface area contributed by atoms with Gasteiger partial charge in [0.2, 0.25) is 0 Å². The molecule has 136 valence electrons. The maximum absolute atomic E-state index is 13.7. The second-order valence-corrected chi connectivity index (χ2v) is 9.43. The smallest absolute Gasteiger partial charge is 0.161 e. The number of carbonyl (C=O) groups is 1. The van der Waals surface area contributed by atoms with Crippen LogP contribution in [0.25, 0.3) is 6.08 Å². The number of ketones is 1. The highest BCUT2D eigenvalue weighted by molar-refractivity contribution is 5.93. The van der Waals surface area contributed by atoms with Crippen LogP contribution in [0.15, 0.2) is 36.4 Å². The Morgan fingerprint density at radius 3 is 2.04 bits per heavy atom. The monoisotopic (exact) mass is 356 g/mol. The van der Waals surface area contributed by atoms with Crippen LogP contribution in [0.3, 0.4) is 0 Å². The Labute approximate surface area is 160 Å². The number of nitriles is 2. The van der Waals surface area contributed by atoms with Crippen LogP contribution in [-0.4, -0.2) is 5.78 Å². The van der Waals surface area contributed by atoms with Crippen LogP contribution >= 0.6 is 0 Å². The molecule has 1 aromatic rings. The molecule has 5 aliphatic carbocycles. The van der Waals surface area contributed by atoms with Crippen LogP contribution in [0, 0.1) is 63.1 Å². The molecule has 27 heavy (non-hydrogen) atoms. The highest BCUT2D eigenvalue weighted by atomic mass is 16.1. The van der Waals surface area contributed by atoms with Crippen molar-refractivity contribution < 1.29 is 4.79 Å². The van der Waals surface area contributed by atoms with E-state index in [1.165, 1.54) is 19.3 Å². The Morgan fingerprint density at radius 1 is 0.963 bits per heavy atom. The molecule has 0 aliphatic heterocycles. The van der Waals surface area contributed by atoms with Crippen LogP contribution in [0.4, 0.5) is 0 Å². The van der Waals surface area contributed by atoms with Crippen LogP contribution in [0.1, 0.15) is 44.1 Å². The lowest BCUT2D eigenvalue weighted by Crippen LogP contribution is -2.50. The van der Waals surface area contributed by atoms with E-state index in [9.17, 15) is 15.3 Å². The fourth-order valence-corrected chi connectivity index (χ4v) is 6.88. The molecule has 5 saturated carbocycles. The maximum atomic E-state index is 13.7. The van der Waals surface area contributed by atoms with Gasteiger partial charge in [-0.2, -0.15) is 10.5 Å². The summed E-state index contributed by atoms with van der Waals surface area (Å²) in [7, 11) is 0. The van der Waals surface area contributed by atoms with Gasteiger partial charge in [-0.3, -0.25) is 4.79 Å². The zero-order chi connectivity index (χ0) is 18.6. The fraction of sp³-hybridized carbons (Fsp3) is 0.542. The van der Waals surface area contributed by atoms with E-state index < -0.39 is 11.3 Å². The molecule has 0 radical (unpaired) electrons. The molecule has 0 amide bonds. The molecule has 4 bridgehead atoms. The minimum absolute atomic E-state index is 0.229. The number of nitrogens with zero attached hydrogens (tertiary/aromatic N) is 2. The van der Waals surface area contributed by atoms with Crippen molar-refractivity contribution in [2.75, 3.05) is 0 Å². The van der Waals surface area contributed by atoms with Crippen molar-refractivity contribution in [3.63, 3.8) is 0 Å². The zero-order valence-electron chi connectivity index (χ0n) is 15.5. The summed E-state index contributed by atoms with van der Waals surface area (Å²) in [5.41, 5.74) is -0.366. The fourth-order valence-electron chi connectivity index (χ4n) is 6.88. The highest BCUT2D eigenvalue weighted by Crippen LogP contribution is 2.67. The lowest BCUT2D eigenvalue weighted by molar-refractivity contribution is -0.145. The number of rotatable bonds is 4. The molecular weight excluding hydrogens is 332 g/mol. The number of allylic oxidation sites excluding steroid dienone is 1.